The monoisotopic (exact) mass is 612 g/mol. The van der Waals surface area contributed by atoms with Crippen molar-refractivity contribution < 1.29 is 32.3 Å². The molecule has 1 aliphatic carbocycles. The van der Waals surface area contributed by atoms with Crippen molar-refractivity contribution in [1.29, 1.82) is 0 Å². The number of hydrogen-bond donors (Lipinski definition) is 1. The highest BCUT2D eigenvalue weighted by atomic mass is 19.4. The topological polar surface area (TPSA) is 89.7 Å². The van der Waals surface area contributed by atoms with Gasteiger partial charge in [0.2, 0.25) is 5.91 Å². The Labute approximate surface area is 258 Å². The Kier molecular flexibility index (Phi) is 7.72. The number of fused-ring (bicyclic) bond motifs is 1. The van der Waals surface area contributed by atoms with E-state index in [0.29, 0.717) is 41.5 Å². The van der Waals surface area contributed by atoms with Crippen LogP contribution in [0.4, 0.5) is 13.2 Å². The average Bonchev–Trinajstić information content (AvgIpc) is 3.56. The molecule has 6 nitrogen and oxygen atoms in total. The number of nitrogens with two attached hydrogens (primary N) is 1. The molecule has 1 heterocycles. The first-order valence-corrected chi connectivity index (χ1v) is 14.8. The second-order valence-corrected chi connectivity index (χ2v) is 11.5. The van der Waals surface area contributed by atoms with E-state index in [1.807, 2.05) is 30.3 Å². The molecule has 0 aromatic heterocycles. The second kappa shape index (κ2) is 11.5. The van der Waals surface area contributed by atoms with E-state index in [4.69, 9.17) is 10.5 Å². The largest absolute Gasteiger partial charge is 0.421 e. The van der Waals surface area contributed by atoms with Gasteiger partial charge in [-0.05, 0) is 59.7 Å². The molecule has 0 radical (unpaired) electrons. The van der Waals surface area contributed by atoms with Crippen LogP contribution < -0.4 is 5.73 Å². The molecule has 0 spiro atoms. The van der Waals surface area contributed by atoms with Gasteiger partial charge in [-0.15, -0.1) is 0 Å². The van der Waals surface area contributed by atoms with Gasteiger partial charge < -0.3 is 10.5 Å². The number of rotatable bonds is 6. The van der Waals surface area contributed by atoms with Crippen molar-refractivity contribution in [3.8, 4) is 11.1 Å². The van der Waals surface area contributed by atoms with Crippen LogP contribution in [0.15, 0.2) is 103 Å². The normalized spacial score (nSPS) is 19.0. The summed E-state index contributed by atoms with van der Waals surface area (Å²) in [6, 6.07) is 27.0. The van der Waals surface area contributed by atoms with Crippen molar-refractivity contribution in [3.63, 3.8) is 0 Å². The van der Waals surface area contributed by atoms with Crippen LogP contribution in [-0.2, 0) is 38.1 Å². The Morgan fingerprint density at radius 2 is 1.40 bits per heavy atom. The van der Waals surface area contributed by atoms with Gasteiger partial charge in [0.15, 0.2) is 0 Å². The first-order valence-electron chi connectivity index (χ1n) is 14.8. The number of nitrogens with zero attached hydrogens (tertiary/aromatic N) is 1. The number of carbonyl (C=O) groups excluding carboxylic acids is 3. The van der Waals surface area contributed by atoms with Crippen molar-refractivity contribution in [2.24, 2.45) is 5.73 Å². The summed E-state index contributed by atoms with van der Waals surface area (Å²) in [5.41, 5.74) is 4.61. The molecule has 2 N–H and O–H groups in total. The zero-order valence-corrected chi connectivity index (χ0v) is 24.3. The fourth-order valence-electron chi connectivity index (χ4n) is 6.84. The van der Waals surface area contributed by atoms with E-state index in [-0.39, 0.29) is 18.0 Å². The third kappa shape index (κ3) is 5.16. The third-order valence-electron chi connectivity index (χ3n) is 9.05. The summed E-state index contributed by atoms with van der Waals surface area (Å²) in [5, 5.41) is 0. The Morgan fingerprint density at radius 3 is 2.07 bits per heavy atom. The molecule has 1 saturated carbocycles. The van der Waals surface area contributed by atoms with E-state index in [1.54, 1.807) is 42.5 Å². The van der Waals surface area contributed by atoms with Crippen LogP contribution in [0.25, 0.3) is 11.1 Å². The molecule has 230 valence electrons. The summed E-state index contributed by atoms with van der Waals surface area (Å²) in [4.78, 5) is 44.0. The molecule has 0 saturated heterocycles. The van der Waals surface area contributed by atoms with Crippen molar-refractivity contribution in [3.05, 3.63) is 131 Å². The maximum atomic E-state index is 14.8. The van der Waals surface area contributed by atoms with Gasteiger partial charge in [-0.3, -0.25) is 14.5 Å². The quantitative estimate of drug-likeness (QED) is 0.244. The van der Waals surface area contributed by atoms with Gasteiger partial charge >= 0.3 is 12.1 Å². The summed E-state index contributed by atoms with van der Waals surface area (Å²) in [6.07, 6.45) is -1.35. The van der Waals surface area contributed by atoms with Crippen LogP contribution in [0.3, 0.4) is 0 Å². The minimum atomic E-state index is -4.52. The number of alkyl halides is 3. The molecular weight excluding hydrogens is 581 g/mol. The van der Waals surface area contributed by atoms with Crippen LogP contribution in [0.2, 0.25) is 0 Å². The highest BCUT2D eigenvalue weighted by molar-refractivity contribution is 6.01. The molecule has 45 heavy (non-hydrogen) atoms. The molecule has 4 aromatic rings. The highest BCUT2D eigenvalue weighted by Gasteiger charge is 2.58. The number of hydrogen-bond acceptors (Lipinski definition) is 4. The lowest BCUT2D eigenvalue weighted by atomic mass is 9.76. The smallest absolute Gasteiger partial charge is 0.416 e. The Bertz CT molecular complexity index is 1750. The lowest BCUT2D eigenvalue weighted by Crippen LogP contribution is -2.65. The molecule has 9 heteroatoms. The number of amides is 2. The SMILES string of the molecule is NC(=O)C1(OC(=O)c2ccccc2-c2ccc(C(F)(F)F)cc2)c2ccccc2CCN1C(=O)C1(c2ccccc2)CCCC1. The van der Waals surface area contributed by atoms with Gasteiger partial charge in [0.25, 0.3) is 11.6 Å². The molecule has 1 atom stereocenters. The number of esters is 1. The van der Waals surface area contributed by atoms with E-state index in [2.05, 4.69) is 0 Å². The molecule has 6 rings (SSSR count). The summed E-state index contributed by atoms with van der Waals surface area (Å²) in [6.45, 7) is 0.0845. The minimum Gasteiger partial charge on any atom is -0.421 e. The van der Waals surface area contributed by atoms with E-state index in [9.17, 15) is 27.6 Å². The Morgan fingerprint density at radius 1 is 0.778 bits per heavy atom. The van der Waals surface area contributed by atoms with E-state index >= 15 is 0 Å². The van der Waals surface area contributed by atoms with E-state index < -0.39 is 34.8 Å². The third-order valence-corrected chi connectivity index (χ3v) is 9.05. The van der Waals surface area contributed by atoms with Gasteiger partial charge in [-0.25, -0.2) is 4.79 Å². The predicted molar refractivity (Wildman–Crippen MR) is 162 cm³/mol. The number of benzene rings is 4. The summed E-state index contributed by atoms with van der Waals surface area (Å²) >= 11 is 0. The molecule has 0 bridgehead atoms. The Hall–Kier alpha value is -4.92. The summed E-state index contributed by atoms with van der Waals surface area (Å²) in [5.74, 6) is -2.31. The fourth-order valence-corrected chi connectivity index (χ4v) is 6.84. The van der Waals surface area contributed by atoms with Crippen LogP contribution in [0.5, 0.6) is 0 Å². The van der Waals surface area contributed by atoms with Gasteiger partial charge in [0, 0.05) is 12.1 Å². The number of ether oxygens (including phenoxy) is 1. The predicted octanol–water partition coefficient (Wildman–Crippen LogP) is 6.76. The van der Waals surface area contributed by atoms with Crippen molar-refractivity contribution in [2.45, 2.75) is 49.4 Å². The standard InChI is InChI=1S/C36H31F3N2O4/c37-36(38,39)27-18-16-24(17-19-27)28-13-5-6-14-29(28)31(42)45-35(32(40)43)30-15-7-4-10-25(30)20-23-41(35)33(44)34(21-8-9-22-34)26-11-2-1-3-12-26/h1-7,10-19H,8-9,20-23H2,(H2,40,43). The van der Waals surface area contributed by atoms with Crippen molar-refractivity contribution in [2.75, 3.05) is 6.54 Å². The maximum absolute atomic E-state index is 14.8. The van der Waals surface area contributed by atoms with Gasteiger partial charge in [0.1, 0.15) is 0 Å². The fraction of sp³-hybridized carbons (Fsp3) is 0.250. The second-order valence-electron chi connectivity index (χ2n) is 11.5. The highest BCUT2D eigenvalue weighted by Crippen LogP contribution is 2.47. The molecular formula is C36H31F3N2O4. The van der Waals surface area contributed by atoms with Gasteiger partial charge in [-0.2, -0.15) is 13.2 Å². The van der Waals surface area contributed by atoms with Crippen LogP contribution >= 0.6 is 0 Å². The molecule has 1 fully saturated rings. The lowest BCUT2D eigenvalue weighted by Gasteiger charge is -2.47. The van der Waals surface area contributed by atoms with Crippen LogP contribution in [0, 0.1) is 0 Å². The Balaban J connectivity index is 1.46. The summed E-state index contributed by atoms with van der Waals surface area (Å²) in [7, 11) is 0. The molecule has 2 amide bonds. The van der Waals surface area contributed by atoms with E-state index in [0.717, 1.165) is 30.5 Å². The number of halogens is 3. The molecule has 1 unspecified atom stereocenters. The van der Waals surface area contributed by atoms with Gasteiger partial charge in [-0.1, -0.05) is 97.8 Å². The first kappa shape index (κ1) is 30.1. The van der Waals surface area contributed by atoms with Crippen LogP contribution in [-0.4, -0.2) is 29.2 Å². The molecule has 2 aliphatic rings. The summed E-state index contributed by atoms with van der Waals surface area (Å²) < 4.78 is 45.9. The minimum absolute atomic E-state index is 0.00646. The van der Waals surface area contributed by atoms with Crippen LogP contribution in [0.1, 0.15) is 58.3 Å². The zero-order valence-electron chi connectivity index (χ0n) is 24.3. The maximum Gasteiger partial charge on any atom is 0.416 e. The number of primary amides is 1. The first-order chi connectivity index (χ1) is 21.6. The van der Waals surface area contributed by atoms with Crippen molar-refractivity contribution in [1.82, 2.24) is 4.90 Å². The lowest BCUT2D eigenvalue weighted by molar-refractivity contribution is -0.182. The average molecular weight is 613 g/mol. The molecule has 4 aromatic carbocycles. The molecule has 1 aliphatic heterocycles. The zero-order chi connectivity index (χ0) is 31.8. The van der Waals surface area contributed by atoms with E-state index in [1.165, 1.54) is 23.1 Å². The van der Waals surface area contributed by atoms with Gasteiger partial charge in [0.05, 0.1) is 16.5 Å². The number of carbonyl (C=O) groups is 3. The van der Waals surface area contributed by atoms with Crippen molar-refractivity contribution >= 4 is 17.8 Å².